The molecular formula is C16H22N4O3S. The fourth-order valence-electron chi connectivity index (χ4n) is 2.20. The van der Waals surface area contributed by atoms with Crippen LogP contribution in [0.1, 0.15) is 25.3 Å². The first kappa shape index (κ1) is 18.2. The number of benzene rings is 1. The highest BCUT2D eigenvalue weighted by Crippen LogP contribution is 2.13. The Hall–Kier alpha value is -2.19. The Morgan fingerprint density at radius 1 is 1.46 bits per heavy atom. The van der Waals surface area contributed by atoms with Crippen molar-refractivity contribution >= 4 is 28.9 Å². The third-order valence-electron chi connectivity index (χ3n) is 3.49. The monoisotopic (exact) mass is 350 g/mol. The summed E-state index contributed by atoms with van der Waals surface area (Å²) in [6, 6.07) is 7.20. The zero-order chi connectivity index (χ0) is 17.4. The Kier molecular flexibility index (Phi) is 6.95. The Labute approximate surface area is 146 Å². The molecule has 1 aliphatic heterocycles. The molecule has 1 fully saturated rings. The average molecular weight is 350 g/mol. The first-order chi connectivity index (χ1) is 11.5. The lowest BCUT2D eigenvalue weighted by atomic mass is 10.1. The van der Waals surface area contributed by atoms with Crippen LogP contribution in [0, 0.1) is 0 Å². The highest BCUT2D eigenvalue weighted by molar-refractivity contribution is 7.80. The van der Waals surface area contributed by atoms with Crippen LogP contribution in [-0.4, -0.2) is 42.6 Å². The molecule has 0 aliphatic carbocycles. The molecule has 24 heavy (non-hydrogen) atoms. The standard InChI is InChI=1S/C16H22N4O3S/c1-11(12-4-6-13(7-5-12)23-10-15(17)21)19-20-16(24)18-9-14-3-2-8-22-14/h4-7,14H,2-3,8-10H2,1H3,(H2,17,21)(H2,18,20,24). The predicted octanol–water partition coefficient (Wildman–Crippen LogP) is 0.918. The number of thiocarbonyl (C=S) groups is 1. The van der Waals surface area contributed by atoms with Crippen molar-refractivity contribution in [2.75, 3.05) is 19.8 Å². The Morgan fingerprint density at radius 2 is 2.21 bits per heavy atom. The maximum Gasteiger partial charge on any atom is 0.255 e. The minimum absolute atomic E-state index is 0.140. The van der Waals surface area contributed by atoms with Crippen LogP contribution in [0.15, 0.2) is 29.4 Å². The molecule has 0 saturated carbocycles. The van der Waals surface area contributed by atoms with Gasteiger partial charge in [0.25, 0.3) is 5.91 Å². The molecule has 0 radical (unpaired) electrons. The summed E-state index contributed by atoms with van der Waals surface area (Å²) in [5.74, 6) is 0.0668. The Morgan fingerprint density at radius 3 is 2.83 bits per heavy atom. The van der Waals surface area contributed by atoms with Gasteiger partial charge >= 0.3 is 0 Å². The van der Waals surface area contributed by atoms with Gasteiger partial charge in [-0.15, -0.1) is 0 Å². The summed E-state index contributed by atoms with van der Waals surface area (Å²) in [4.78, 5) is 10.7. The summed E-state index contributed by atoms with van der Waals surface area (Å²) in [5, 5.41) is 7.81. The smallest absolute Gasteiger partial charge is 0.255 e. The van der Waals surface area contributed by atoms with Crippen molar-refractivity contribution in [1.82, 2.24) is 10.7 Å². The van der Waals surface area contributed by atoms with Crippen molar-refractivity contribution < 1.29 is 14.3 Å². The maximum absolute atomic E-state index is 10.7. The minimum atomic E-state index is -0.509. The second kappa shape index (κ2) is 9.19. The number of nitrogens with two attached hydrogens (primary N) is 1. The van der Waals surface area contributed by atoms with Crippen LogP contribution in [0.4, 0.5) is 0 Å². The van der Waals surface area contributed by atoms with Crippen LogP contribution < -0.4 is 21.2 Å². The van der Waals surface area contributed by atoms with Crippen LogP contribution in [-0.2, 0) is 9.53 Å². The van der Waals surface area contributed by atoms with Crippen molar-refractivity contribution in [2.45, 2.75) is 25.9 Å². The Bertz CT molecular complexity index is 598. The molecule has 8 heteroatoms. The van der Waals surface area contributed by atoms with Gasteiger partial charge in [0.15, 0.2) is 11.7 Å². The SMILES string of the molecule is CC(=NNC(=S)NCC1CCCO1)c1ccc(OCC(N)=O)cc1. The molecule has 1 unspecified atom stereocenters. The summed E-state index contributed by atoms with van der Waals surface area (Å²) >= 11 is 5.19. The summed E-state index contributed by atoms with van der Waals surface area (Å²) in [7, 11) is 0. The minimum Gasteiger partial charge on any atom is -0.484 e. The number of ether oxygens (including phenoxy) is 2. The highest BCUT2D eigenvalue weighted by atomic mass is 32.1. The molecule has 1 aromatic rings. The molecule has 7 nitrogen and oxygen atoms in total. The van der Waals surface area contributed by atoms with Crippen molar-refractivity contribution in [2.24, 2.45) is 10.8 Å². The van der Waals surface area contributed by atoms with Crippen LogP contribution >= 0.6 is 12.2 Å². The number of hydrogen-bond donors (Lipinski definition) is 3. The predicted molar refractivity (Wildman–Crippen MR) is 96.1 cm³/mol. The van der Waals surface area contributed by atoms with E-state index in [1.165, 1.54) is 0 Å². The Balaban J connectivity index is 1.78. The molecule has 1 aliphatic rings. The molecule has 1 atom stereocenters. The van der Waals surface area contributed by atoms with E-state index in [2.05, 4.69) is 15.8 Å². The van der Waals surface area contributed by atoms with Crippen LogP contribution in [0.2, 0.25) is 0 Å². The summed E-state index contributed by atoms with van der Waals surface area (Å²) in [5.41, 5.74) is 9.54. The highest BCUT2D eigenvalue weighted by Gasteiger charge is 2.15. The van der Waals surface area contributed by atoms with Gasteiger partial charge in [-0.3, -0.25) is 10.2 Å². The van der Waals surface area contributed by atoms with Crippen LogP contribution in [0.25, 0.3) is 0 Å². The molecule has 1 heterocycles. The van der Waals surface area contributed by atoms with Gasteiger partial charge in [-0.1, -0.05) is 0 Å². The van der Waals surface area contributed by atoms with Crippen LogP contribution in [0.5, 0.6) is 5.75 Å². The van der Waals surface area contributed by atoms with E-state index in [0.717, 1.165) is 30.7 Å². The van der Waals surface area contributed by atoms with E-state index in [9.17, 15) is 4.79 Å². The average Bonchev–Trinajstić information content (AvgIpc) is 3.10. The number of hydrogen-bond acceptors (Lipinski definition) is 5. The number of amides is 1. The van der Waals surface area contributed by atoms with E-state index >= 15 is 0 Å². The van der Waals surface area contributed by atoms with Gasteiger partial charge < -0.3 is 20.5 Å². The third kappa shape index (κ3) is 6.13. The number of nitrogens with zero attached hydrogens (tertiary/aromatic N) is 1. The lowest BCUT2D eigenvalue weighted by Crippen LogP contribution is -2.37. The molecule has 0 spiro atoms. The van der Waals surface area contributed by atoms with E-state index in [-0.39, 0.29) is 12.7 Å². The molecule has 0 bridgehead atoms. The summed E-state index contributed by atoms with van der Waals surface area (Å²) in [6.45, 7) is 3.24. The molecule has 2 rings (SSSR count). The van der Waals surface area contributed by atoms with E-state index in [0.29, 0.717) is 17.4 Å². The second-order valence-electron chi connectivity index (χ2n) is 5.43. The van der Waals surface area contributed by atoms with Crippen LogP contribution in [0.3, 0.4) is 0 Å². The topological polar surface area (TPSA) is 98.0 Å². The van der Waals surface area contributed by atoms with Gasteiger partial charge in [-0.05, 0) is 61.8 Å². The molecule has 1 aromatic carbocycles. The van der Waals surface area contributed by atoms with E-state index < -0.39 is 5.91 Å². The normalized spacial score (nSPS) is 17.4. The first-order valence-corrected chi connectivity index (χ1v) is 8.16. The third-order valence-corrected chi connectivity index (χ3v) is 3.73. The van der Waals surface area contributed by atoms with Gasteiger partial charge in [0, 0.05) is 13.2 Å². The fraction of sp³-hybridized carbons (Fsp3) is 0.438. The summed E-state index contributed by atoms with van der Waals surface area (Å²) < 4.78 is 10.7. The van der Waals surface area contributed by atoms with Crippen molar-refractivity contribution in [1.29, 1.82) is 0 Å². The number of carbonyl (C=O) groups is 1. The summed E-state index contributed by atoms with van der Waals surface area (Å²) in [6.07, 6.45) is 2.38. The largest absolute Gasteiger partial charge is 0.484 e. The van der Waals surface area contributed by atoms with Crippen molar-refractivity contribution in [3.05, 3.63) is 29.8 Å². The van der Waals surface area contributed by atoms with Gasteiger partial charge in [0.05, 0.1) is 11.8 Å². The number of hydrazone groups is 1. The number of nitrogens with one attached hydrogen (secondary N) is 2. The zero-order valence-electron chi connectivity index (χ0n) is 13.6. The lowest BCUT2D eigenvalue weighted by Gasteiger charge is -2.12. The molecular weight excluding hydrogens is 328 g/mol. The first-order valence-electron chi connectivity index (χ1n) is 7.76. The molecule has 1 saturated heterocycles. The molecule has 130 valence electrons. The van der Waals surface area contributed by atoms with Gasteiger partial charge in [-0.25, -0.2) is 0 Å². The van der Waals surface area contributed by atoms with E-state index in [1.807, 2.05) is 19.1 Å². The molecule has 1 amide bonds. The number of primary amides is 1. The van der Waals surface area contributed by atoms with E-state index in [4.69, 9.17) is 27.4 Å². The second-order valence-corrected chi connectivity index (χ2v) is 5.84. The van der Waals surface area contributed by atoms with Gasteiger partial charge in [0.1, 0.15) is 5.75 Å². The zero-order valence-corrected chi connectivity index (χ0v) is 14.4. The molecule has 0 aromatic heterocycles. The maximum atomic E-state index is 10.7. The van der Waals surface area contributed by atoms with Gasteiger partial charge in [0.2, 0.25) is 0 Å². The number of carbonyl (C=O) groups excluding carboxylic acids is 1. The van der Waals surface area contributed by atoms with Crippen molar-refractivity contribution in [3.8, 4) is 5.75 Å². The van der Waals surface area contributed by atoms with Crippen molar-refractivity contribution in [3.63, 3.8) is 0 Å². The quantitative estimate of drug-likeness (QED) is 0.384. The lowest BCUT2D eigenvalue weighted by molar-refractivity contribution is -0.119. The fourth-order valence-corrected chi connectivity index (χ4v) is 2.33. The van der Waals surface area contributed by atoms with E-state index in [1.54, 1.807) is 12.1 Å². The number of rotatable bonds is 7. The molecule has 4 N–H and O–H groups in total. The van der Waals surface area contributed by atoms with Gasteiger partial charge in [-0.2, -0.15) is 5.10 Å².